The van der Waals surface area contributed by atoms with Gasteiger partial charge in [-0.05, 0) is 28.8 Å². The second-order valence-corrected chi connectivity index (χ2v) is 7.89. The number of nitrogens with zero attached hydrogens (tertiary/aromatic N) is 4. The average Bonchev–Trinajstić information content (AvgIpc) is 2.79. The van der Waals surface area contributed by atoms with Crippen LogP contribution < -0.4 is 5.73 Å². The molecule has 5 nitrogen and oxygen atoms in total. The van der Waals surface area contributed by atoms with Gasteiger partial charge in [-0.25, -0.2) is 4.39 Å². The van der Waals surface area contributed by atoms with Gasteiger partial charge in [-0.2, -0.15) is 15.8 Å². The van der Waals surface area contributed by atoms with Crippen LogP contribution >= 0.6 is 0 Å². The van der Waals surface area contributed by atoms with Crippen molar-refractivity contribution in [3.63, 3.8) is 0 Å². The number of fused-ring (bicyclic) bond motifs is 1. The van der Waals surface area contributed by atoms with E-state index in [2.05, 4.69) is 23.1 Å². The Morgan fingerprint density at radius 1 is 1.06 bits per heavy atom. The summed E-state index contributed by atoms with van der Waals surface area (Å²) < 4.78 is 14.1. The van der Waals surface area contributed by atoms with Crippen LogP contribution in [0.1, 0.15) is 17.0 Å². The van der Waals surface area contributed by atoms with Gasteiger partial charge in [0.05, 0.1) is 29.5 Å². The second kappa shape index (κ2) is 8.07. The van der Waals surface area contributed by atoms with E-state index in [0.29, 0.717) is 30.8 Å². The van der Waals surface area contributed by atoms with Crippen molar-refractivity contribution in [1.82, 2.24) is 4.90 Å². The van der Waals surface area contributed by atoms with Crippen LogP contribution in [0.2, 0.25) is 0 Å². The van der Waals surface area contributed by atoms with Gasteiger partial charge >= 0.3 is 0 Å². The van der Waals surface area contributed by atoms with E-state index in [1.807, 2.05) is 36.4 Å². The lowest BCUT2D eigenvalue weighted by Gasteiger charge is -2.45. The predicted molar refractivity (Wildman–Crippen MR) is 113 cm³/mol. The van der Waals surface area contributed by atoms with Crippen LogP contribution in [0.25, 0.3) is 0 Å². The zero-order chi connectivity index (χ0) is 22.0. The van der Waals surface area contributed by atoms with Crippen LogP contribution in [0.5, 0.6) is 0 Å². The Bertz CT molecular complexity index is 1180. The minimum Gasteiger partial charge on any atom is -0.399 e. The molecule has 0 unspecified atom stereocenters. The van der Waals surface area contributed by atoms with Crippen molar-refractivity contribution in [2.75, 3.05) is 13.1 Å². The van der Waals surface area contributed by atoms with E-state index in [9.17, 15) is 20.2 Å². The van der Waals surface area contributed by atoms with Gasteiger partial charge in [-0.1, -0.05) is 48.5 Å². The Hall–Kier alpha value is -3.92. The summed E-state index contributed by atoms with van der Waals surface area (Å²) in [5.74, 6) is -1.28. The van der Waals surface area contributed by atoms with E-state index in [0.717, 1.165) is 5.56 Å². The first kappa shape index (κ1) is 20.4. The van der Waals surface area contributed by atoms with Crippen molar-refractivity contribution >= 4 is 0 Å². The Morgan fingerprint density at radius 3 is 2.45 bits per heavy atom. The first-order valence-electron chi connectivity index (χ1n) is 9.99. The molecule has 31 heavy (non-hydrogen) atoms. The van der Waals surface area contributed by atoms with Crippen LogP contribution in [-0.4, -0.2) is 18.0 Å². The fourth-order valence-corrected chi connectivity index (χ4v) is 4.75. The van der Waals surface area contributed by atoms with Gasteiger partial charge in [-0.3, -0.25) is 4.90 Å². The van der Waals surface area contributed by atoms with Crippen molar-refractivity contribution in [1.29, 1.82) is 15.8 Å². The molecule has 0 saturated heterocycles. The first-order valence-corrected chi connectivity index (χ1v) is 9.99. The van der Waals surface area contributed by atoms with Crippen molar-refractivity contribution in [3.8, 4) is 18.2 Å². The smallest absolute Gasteiger partial charge is 0.204 e. The highest BCUT2D eigenvalue weighted by Gasteiger charge is 2.52. The molecule has 2 aromatic carbocycles. The third kappa shape index (κ3) is 3.36. The van der Waals surface area contributed by atoms with E-state index in [-0.39, 0.29) is 17.2 Å². The highest BCUT2D eigenvalue weighted by atomic mass is 19.1. The molecule has 0 fully saturated rings. The van der Waals surface area contributed by atoms with E-state index < -0.39 is 17.2 Å². The summed E-state index contributed by atoms with van der Waals surface area (Å²) in [6.07, 6.45) is 1.89. The first-order chi connectivity index (χ1) is 15.0. The van der Waals surface area contributed by atoms with Crippen LogP contribution in [0.3, 0.4) is 0 Å². The van der Waals surface area contributed by atoms with E-state index in [1.54, 1.807) is 12.1 Å². The average molecular weight is 409 g/mol. The summed E-state index contributed by atoms with van der Waals surface area (Å²) >= 11 is 0. The normalized spacial score (nSPS) is 22.5. The second-order valence-electron chi connectivity index (χ2n) is 7.89. The van der Waals surface area contributed by atoms with Gasteiger partial charge in [0.1, 0.15) is 5.82 Å². The Kier molecular flexibility index (Phi) is 5.30. The van der Waals surface area contributed by atoms with E-state index >= 15 is 0 Å². The third-order valence-corrected chi connectivity index (χ3v) is 6.18. The SMILES string of the molecule is N#CC1=C(N)C(C#N)(C#N)C2=CCN(Cc3ccccc3)C[C@H]2[C@H]1c1cccc(F)c1. The summed E-state index contributed by atoms with van der Waals surface area (Å²) in [6.45, 7) is 1.76. The topological polar surface area (TPSA) is 101 Å². The minimum absolute atomic E-state index is 0.0479. The Morgan fingerprint density at radius 2 is 1.81 bits per heavy atom. The molecule has 6 heteroatoms. The molecule has 4 rings (SSSR count). The number of nitriles is 3. The molecular formula is C25H20FN5. The molecule has 2 aliphatic rings. The summed E-state index contributed by atoms with van der Waals surface area (Å²) in [4.78, 5) is 2.20. The molecule has 1 aliphatic heterocycles. The number of rotatable bonds is 3. The maximum Gasteiger partial charge on any atom is 0.204 e. The lowest BCUT2D eigenvalue weighted by atomic mass is 9.60. The van der Waals surface area contributed by atoms with Gasteiger partial charge in [0.15, 0.2) is 0 Å². The Balaban J connectivity index is 1.84. The summed E-state index contributed by atoms with van der Waals surface area (Å²) in [7, 11) is 0. The number of nitrogens with two attached hydrogens (primary N) is 1. The molecular weight excluding hydrogens is 389 g/mol. The molecule has 0 bridgehead atoms. The number of hydrogen-bond donors (Lipinski definition) is 1. The van der Waals surface area contributed by atoms with E-state index in [1.165, 1.54) is 12.1 Å². The Labute approximate surface area is 180 Å². The quantitative estimate of drug-likeness (QED) is 0.778. The van der Waals surface area contributed by atoms with Gasteiger partial charge in [0.2, 0.25) is 5.41 Å². The van der Waals surface area contributed by atoms with Gasteiger partial charge in [-0.15, -0.1) is 0 Å². The minimum atomic E-state index is -1.68. The van der Waals surface area contributed by atoms with Crippen molar-refractivity contribution in [2.45, 2.75) is 12.5 Å². The van der Waals surface area contributed by atoms with Crippen LogP contribution in [-0.2, 0) is 6.54 Å². The lowest BCUT2D eigenvalue weighted by Crippen LogP contribution is -2.47. The number of benzene rings is 2. The van der Waals surface area contributed by atoms with Crippen molar-refractivity contribution in [2.24, 2.45) is 17.1 Å². The highest BCUT2D eigenvalue weighted by molar-refractivity contribution is 5.58. The zero-order valence-electron chi connectivity index (χ0n) is 16.8. The summed E-state index contributed by atoms with van der Waals surface area (Å²) in [5.41, 5.74) is 7.07. The maximum atomic E-state index is 14.1. The fourth-order valence-electron chi connectivity index (χ4n) is 4.75. The predicted octanol–water partition coefficient (Wildman–Crippen LogP) is 3.75. The number of halogens is 1. The van der Waals surface area contributed by atoms with Crippen LogP contribution in [0, 0.1) is 51.1 Å². The molecule has 2 N–H and O–H groups in total. The van der Waals surface area contributed by atoms with Gasteiger partial charge < -0.3 is 5.73 Å². The molecule has 0 spiro atoms. The standard InChI is InChI=1S/C25H20FN5/c26-19-8-4-7-18(11-19)23-20(12-27)24(30)25(15-28,16-29)22-9-10-31(14-21(22)23)13-17-5-2-1-3-6-17/h1-9,11,21,23H,10,13-14,30H2/t21-,23+/m1/s1. The van der Waals surface area contributed by atoms with Crippen LogP contribution in [0.4, 0.5) is 4.39 Å². The zero-order valence-corrected chi connectivity index (χ0v) is 16.8. The molecule has 0 saturated carbocycles. The third-order valence-electron chi connectivity index (χ3n) is 6.18. The molecule has 1 aliphatic carbocycles. The van der Waals surface area contributed by atoms with Crippen molar-refractivity contribution in [3.05, 3.63) is 94.5 Å². The molecule has 1 heterocycles. The fraction of sp³-hybridized carbons (Fsp3) is 0.240. The molecule has 0 radical (unpaired) electrons. The van der Waals surface area contributed by atoms with Gasteiger partial charge in [0.25, 0.3) is 0 Å². The number of allylic oxidation sites excluding steroid dienone is 2. The highest BCUT2D eigenvalue weighted by Crippen LogP contribution is 2.52. The molecule has 0 aromatic heterocycles. The maximum absolute atomic E-state index is 14.1. The van der Waals surface area contributed by atoms with E-state index in [4.69, 9.17) is 5.73 Å². The monoisotopic (exact) mass is 409 g/mol. The van der Waals surface area contributed by atoms with Crippen molar-refractivity contribution < 1.29 is 4.39 Å². The van der Waals surface area contributed by atoms with Gasteiger partial charge in [0, 0.05) is 31.5 Å². The number of hydrogen-bond acceptors (Lipinski definition) is 5. The lowest BCUT2D eigenvalue weighted by molar-refractivity contribution is 0.218. The largest absolute Gasteiger partial charge is 0.399 e. The molecule has 2 atom stereocenters. The molecule has 2 aromatic rings. The summed E-state index contributed by atoms with van der Waals surface area (Å²) in [6, 6.07) is 22.4. The van der Waals surface area contributed by atoms with Crippen LogP contribution in [0.15, 0.2) is 77.5 Å². The molecule has 0 amide bonds. The molecule has 152 valence electrons. The summed E-state index contributed by atoms with van der Waals surface area (Å²) in [5, 5.41) is 29.9.